The number of piperidine rings is 1. The lowest BCUT2D eigenvalue weighted by molar-refractivity contribution is -0.124. The van der Waals surface area contributed by atoms with Crippen molar-refractivity contribution in [2.45, 2.75) is 18.2 Å². The van der Waals surface area contributed by atoms with Gasteiger partial charge in [-0.05, 0) is 24.3 Å². The summed E-state index contributed by atoms with van der Waals surface area (Å²) in [6.07, 6.45) is 1.92. The Bertz CT molecular complexity index is 796. The zero-order valence-corrected chi connectivity index (χ0v) is 12.5. The topological polar surface area (TPSA) is 67.3 Å². The molecule has 110 valence electrons. The van der Waals surface area contributed by atoms with E-state index in [1.807, 2.05) is 0 Å². The molecule has 6 heteroatoms. The predicted molar refractivity (Wildman–Crippen MR) is 79.3 cm³/mol. The summed E-state index contributed by atoms with van der Waals surface area (Å²) in [5.74, 6) is -0.123. The van der Waals surface area contributed by atoms with E-state index in [2.05, 4.69) is 4.98 Å². The molecular weight excluding hydrogens is 288 g/mol. The fraction of sp³-hybridized carbons (Fsp3) is 0.333. The van der Waals surface area contributed by atoms with Crippen molar-refractivity contribution in [1.29, 1.82) is 0 Å². The molecule has 1 aromatic heterocycles. The third kappa shape index (κ3) is 2.45. The number of carbonyl (C=O) groups is 1. The monoisotopic (exact) mass is 304 g/mol. The number of pyridine rings is 1. The first kappa shape index (κ1) is 14.2. The zero-order valence-electron chi connectivity index (χ0n) is 11.7. The molecule has 0 bridgehead atoms. The van der Waals surface area contributed by atoms with Crippen LogP contribution in [0, 0.1) is 5.92 Å². The van der Waals surface area contributed by atoms with Crippen molar-refractivity contribution >= 4 is 26.7 Å². The number of aromatic nitrogens is 1. The Morgan fingerprint density at radius 2 is 2.05 bits per heavy atom. The second-order valence-electron chi connectivity index (χ2n) is 5.31. The van der Waals surface area contributed by atoms with Crippen LogP contribution in [0.3, 0.4) is 0 Å². The van der Waals surface area contributed by atoms with E-state index in [1.54, 1.807) is 43.5 Å². The van der Waals surface area contributed by atoms with E-state index in [0.29, 0.717) is 10.9 Å². The van der Waals surface area contributed by atoms with E-state index >= 15 is 0 Å². The number of hydrogen-bond donors (Lipinski definition) is 0. The summed E-state index contributed by atoms with van der Waals surface area (Å²) in [4.78, 5) is 16.0. The third-order valence-electron chi connectivity index (χ3n) is 3.86. The van der Waals surface area contributed by atoms with Gasteiger partial charge in [0.15, 0.2) is 0 Å². The molecule has 0 amide bonds. The van der Waals surface area contributed by atoms with Crippen LogP contribution in [-0.2, 0) is 14.8 Å². The molecule has 1 unspecified atom stereocenters. The van der Waals surface area contributed by atoms with Gasteiger partial charge in [0.2, 0.25) is 10.0 Å². The smallest absolute Gasteiger partial charge is 0.243 e. The summed E-state index contributed by atoms with van der Waals surface area (Å²) in [6.45, 7) is 2.27. The second-order valence-corrected chi connectivity index (χ2v) is 7.21. The summed E-state index contributed by atoms with van der Waals surface area (Å²) < 4.78 is 27.1. The van der Waals surface area contributed by atoms with E-state index < -0.39 is 10.0 Å². The van der Waals surface area contributed by atoms with E-state index in [4.69, 9.17) is 0 Å². The lowest BCUT2D eigenvalue weighted by Gasteiger charge is -2.29. The number of sulfonamides is 1. The summed E-state index contributed by atoms with van der Waals surface area (Å²) in [5, 5.41) is 0.615. The van der Waals surface area contributed by atoms with Crippen LogP contribution >= 0.6 is 0 Å². The maximum absolute atomic E-state index is 12.8. The van der Waals surface area contributed by atoms with Crippen LogP contribution in [0.2, 0.25) is 0 Å². The number of Topliss-reactive ketones (excluding diaryl/α,β-unsaturated/α-hetero) is 1. The highest BCUT2D eigenvalue weighted by Gasteiger charge is 2.33. The SMILES string of the molecule is CC1CN(S(=O)(=O)c2cccc3ncccc23)CCC1=O. The number of hydrogen-bond acceptors (Lipinski definition) is 4. The van der Waals surface area contributed by atoms with Gasteiger partial charge in [0.05, 0.1) is 10.4 Å². The number of fused-ring (bicyclic) bond motifs is 1. The number of nitrogens with zero attached hydrogens (tertiary/aromatic N) is 2. The minimum absolute atomic E-state index is 0.126. The van der Waals surface area contributed by atoms with Gasteiger partial charge in [-0.1, -0.05) is 13.0 Å². The Labute approximate surface area is 123 Å². The standard InChI is InChI=1S/C15H16N2O3S/c1-11-10-17(9-7-14(11)18)21(19,20)15-6-2-5-13-12(15)4-3-8-16-13/h2-6,8,11H,7,9-10H2,1H3. The highest BCUT2D eigenvalue weighted by molar-refractivity contribution is 7.89. The molecule has 1 saturated heterocycles. The molecule has 2 heterocycles. The van der Waals surface area contributed by atoms with Crippen LogP contribution in [-0.4, -0.2) is 36.6 Å². The molecule has 1 fully saturated rings. The van der Waals surface area contributed by atoms with E-state index in [9.17, 15) is 13.2 Å². The molecule has 1 aromatic carbocycles. The lowest BCUT2D eigenvalue weighted by Crippen LogP contribution is -2.43. The van der Waals surface area contributed by atoms with Crippen molar-refractivity contribution in [3.05, 3.63) is 36.5 Å². The summed E-state index contributed by atoms with van der Waals surface area (Å²) in [6, 6.07) is 8.56. The van der Waals surface area contributed by atoms with Crippen molar-refractivity contribution in [2.24, 2.45) is 5.92 Å². The largest absolute Gasteiger partial charge is 0.299 e. The molecule has 21 heavy (non-hydrogen) atoms. The molecule has 1 aliphatic heterocycles. The van der Waals surface area contributed by atoms with Gasteiger partial charge in [-0.2, -0.15) is 4.31 Å². The highest BCUT2D eigenvalue weighted by atomic mass is 32.2. The fourth-order valence-electron chi connectivity index (χ4n) is 2.64. The van der Waals surface area contributed by atoms with Crippen LogP contribution in [0.4, 0.5) is 0 Å². The molecule has 0 radical (unpaired) electrons. The van der Waals surface area contributed by atoms with E-state index in [-0.39, 0.29) is 36.1 Å². The van der Waals surface area contributed by atoms with E-state index in [1.165, 1.54) is 4.31 Å². The van der Waals surface area contributed by atoms with Crippen LogP contribution in [0.5, 0.6) is 0 Å². The van der Waals surface area contributed by atoms with Gasteiger partial charge in [-0.15, -0.1) is 0 Å². The number of benzene rings is 1. The molecule has 0 aliphatic carbocycles. The first-order valence-corrected chi connectivity index (χ1v) is 8.31. The quantitative estimate of drug-likeness (QED) is 0.849. The first-order chi connectivity index (χ1) is 10.00. The first-order valence-electron chi connectivity index (χ1n) is 6.87. The van der Waals surface area contributed by atoms with Crippen LogP contribution in [0.25, 0.3) is 10.9 Å². The Morgan fingerprint density at radius 3 is 2.81 bits per heavy atom. The Kier molecular flexibility index (Phi) is 3.51. The maximum atomic E-state index is 12.8. The van der Waals surface area contributed by atoms with Crippen LogP contribution < -0.4 is 0 Å². The molecule has 0 N–H and O–H groups in total. The molecule has 2 aromatic rings. The van der Waals surface area contributed by atoms with Gasteiger partial charge >= 0.3 is 0 Å². The maximum Gasteiger partial charge on any atom is 0.243 e. The fourth-order valence-corrected chi connectivity index (χ4v) is 4.37. The summed E-state index contributed by atoms with van der Waals surface area (Å²) in [5.41, 5.74) is 0.653. The molecule has 5 nitrogen and oxygen atoms in total. The van der Waals surface area contributed by atoms with Gasteiger partial charge in [0.1, 0.15) is 5.78 Å². The number of ketones is 1. The Hall–Kier alpha value is -1.79. The Morgan fingerprint density at radius 1 is 1.24 bits per heavy atom. The van der Waals surface area contributed by atoms with E-state index in [0.717, 1.165) is 0 Å². The van der Waals surface area contributed by atoms with Crippen LogP contribution in [0.15, 0.2) is 41.4 Å². The number of rotatable bonds is 2. The molecule has 0 saturated carbocycles. The van der Waals surface area contributed by atoms with Crippen molar-refractivity contribution < 1.29 is 13.2 Å². The molecule has 0 spiro atoms. The normalized spacial score (nSPS) is 20.8. The zero-order chi connectivity index (χ0) is 15.0. The Balaban J connectivity index is 2.07. The number of carbonyl (C=O) groups excluding carboxylic acids is 1. The van der Waals surface area contributed by atoms with Gasteiger partial charge in [-0.25, -0.2) is 8.42 Å². The third-order valence-corrected chi connectivity index (χ3v) is 5.78. The van der Waals surface area contributed by atoms with Gasteiger partial charge < -0.3 is 0 Å². The van der Waals surface area contributed by atoms with Crippen molar-refractivity contribution in [2.75, 3.05) is 13.1 Å². The second kappa shape index (κ2) is 5.20. The van der Waals surface area contributed by atoms with Crippen molar-refractivity contribution in [1.82, 2.24) is 9.29 Å². The molecule has 1 aliphatic rings. The van der Waals surface area contributed by atoms with Crippen molar-refractivity contribution in [3.8, 4) is 0 Å². The minimum atomic E-state index is -3.60. The van der Waals surface area contributed by atoms with Crippen LogP contribution in [0.1, 0.15) is 13.3 Å². The minimum Gasteiger partial charge on any atom is -0.299 e. The average Bonchev–Trinajstić information content (AvgIpc) is 2.49. The van der Waals surface area contributed by atoms with Gasteiger partial charge in [-0.3, -0.25) is 9.78 Å². The predicted octanol–water partition coefficient (Wildman–Crippen LogP) is 1.83. The summed E-state index contributed by atoms with van der Waals surface area (Å²) >= 11 is 0. The molecule has 1 atom stereocenters. The summed E-state index contributed by atoms with van der Waals surface area (Å²) in [7, 11) is -3.60. The van der Waals surface area contributed by atoms with Gasteiger partial charge in [0, 0.05) is 37.0 Å². The molecule has 3 rings (SSSR count). The van der Waals surface area contributed by atoms with Gasteiger partial charge in [0.25, 0.3) is 0 Å². The molecular formula is C15H16N2O3S. The highest BCUT2D eigenvalue weighted by Crippen LogP contribution is 2.27. The average molecular weight is 304 g/mol. The van der Waals surface area contributed by atoms with Crippen molar-refractivity contribution in [3.63, 3.8) is 0 Å². The lowest BCUT2D eigenvalue weighted by atomic mass is 10.0.